The number of halogens is 1. The summed E-state index contributed by atoms with van der Waals surface area (Å²) in [6.07, 6.45) is 2.01. The highest BCUT2D eigenvalue weighted by Gasteiger charge is 2.34. The van der Waals surface area contributed by atoms with Crippen LogP contribution in [0.1, 0.15) is 63.3 Å². The standard InChI is InChI=1S/C31H34ClN3O2/c1-20(2)21-12-16-25(17-13-21)35(28(36)18-23-19-33-27-9-7-6-8-26(23)27)29(30(37)34-31(3,4)5)22-10-14-24(32)15-11-22/h6-17,19-20,29,33H,18H2,1-5H3,(H,34,37). The quantitative estimate of drug-likeness (QED) is 0.274. The molecule has 0 aliphatic rings. The summed E-state index contributed by atoms with van der Waals surface area (Å²) in [5.41, 5.74) is 3.89. The monoisotopic (exact) mass is 515 g/mol. The molecule has 3 aromatic carbocycles. The highest BCUT2D eigenvalue weighted by molar-refractivity contribution is 6.30. The van der Waals surface area contributed by atoms with Gasteiger partial charge in [0.2, 0.25) is 11.8 Å². The highest BCUT2D eigenvalue weighted by Crippen LogP contribution is 2.32. The van der Waals surface area contributed by atoms with Crippen molar-refractivity contribution in [1.29, 1.82) is 0 Å². The molecule has 0 spiro atoms. The van der Waals surface area contributed by atoms with E-state index in [0.29, 0.717) is 22.2 Å². The van der Waals surface area contributed by atoms with Crippen LogP contribution in [0.25, 0.3) is 10.9 Å². The minimum atomic E-state index is -0.876. The molecule has 4 aromatic rings. The summed E-state index contributed by atoms with van der Waals surface area (Å²) >= 11 is 6.17. The molecule has 1 aromatic heterocycles. The minimum absolute atomic E-state index is 0.142. The van der Waals surface area contributed by atoms with E-state index < -0.39 is 11.6 Å². The molecule has 0 aliphatic carbocycles. The van der Waals surface area contributed by atoms with Gasteiger partial charge in [-0.05, 0) is 73.7 Å². The number of aromatic nitrogens is 1. The molecule has 6 heteroatoms. The second-order valence-electron chi connectivity index (χ2n) is 10.7. The van der Waals surface area contributed by atoms with Gasteiger partial charge in [-0.15, -0.1) is 0 Å². The Balaban J connectivity index is 1.82. The van der Waals surface area contributed by atoms with Gasteiger partial charge in [0.25, 0.3) is 0 Å². The zero-order chi connectivity index (χ0) is 26.7. The second-order valence-corrected chi connectivity index (χ2v) is 11.2. The molecular weight excluding hydrogens is 482 g/mol. The lowest BCUT2D eigenvalue weighted by Gasteiger charge is -2.34. The van der Waals surface area contributed by atoms with Gasteiger partial charge in [-0.25, -0.2) is 0 Å². The fourth-order valence-electron chi connectivity index (χ4n) is 4.48. The molecular formula is C31H34ClN3O2. The van der Waals surface area contributed by atoms with Crippen molar-refractivity contribution in [1.82, 2.24) is 10.3 Å². The first kappa shape index (κ1) is 26.5. The van der Waals surface area contributed by atoms with E-state index in [4.69, 9.17) is 11.6 Å². The average molecular weight is 516 g/mol. The molecule has 0 aliphatic heterocycles. The van der Waals surface area contributed by atoms with Gasteiger partial charge in [0.15, 0.2) is 0 Å². The summed E-state index contributed by atoms with van der Waals surface area (Å²) in [4.78, 5) is 32.8. The van der Waals surface area contributed by atoms with Crippen LogP contribution in [0, 0.1) is 0 Å². The number of nitrogens with zero attached hydrogens (tertiary/aromatic N) is 1. The Kier molecular flexibility index (Phi) is 7.74. The lowest BCUT2D eigenvalue weighted by Crippen LogP contribution is -2.49. The zero-order valence-electron chi connectivity index (χ0n) is 22.0. The molecule has 1 unspecified atom stereocenters. The molecule has 5 nitrogen and oxygen atoms in total. The van der Waals surface area contributed by atoms with Gasteiger partial charge >= 0.3 is 0 Å². The van der Waals surface area contributed by atoms with E-state index in [1.165, 1.54) is 0 Å². The molecule has 1 atom stereocenters. The number of anilines is 1. The van der Waals surface area contributed by atoms with Crippen LogP contribution < -0.4 is 10.2 Å². The van der Waals surface area contributed by atoms with Gasteiger partial charge in [0.05, 0.1) is 6.42 Å². The van der Waals surface area contributed by atoms with Gasteiger partial charge in [-0.1, -0.05) is 67.9 Å². The maximum absolute atomic E-state index is 14.1. The Bertz CT molecular complexity index is 1380. The van der Waals surface area contributed by atoms with Crippen LogP contribution in [-0.2, 0) is 16.0 Å². The number of rotatable bonds is 7. The van der Waals surface area contributed by atoms with Crippen molar-refractivity contribution in [3.05, 3.63) is 101 Å². The van der Waals surface area contributed by atoms with Crippen molar-refractivity contribution in [2.24, 2.45) is 0 Å². The van der Waals surface area contributed by atoms with Crippen LogP contribution in [0.4, 0.5) is 5.69 Å². The number of hydrogen-bond acceptors (Lipinski definition) is 2. The molecule has 4 rings (SSSR count). The number of carbonyl (C=O) groups excluding carboxylic acids is 2. The fraction of sp³-hybridized carbons (Fsp3) is 0.290. The number of para-hydroxylation sites is 1. The van der Waals surface area contributed by atoms with Crippen molar-refractivity contribution in [2.45, 2.75) is 58.5 Å². The third kappa shape index (κ3) is 6.23. The number of hydrogen-bond donors (Lipinski definition) is 2. The van der Waals surface area contributed by atoms with Crippen LogP contribution in [0.5, 0.6) is 0 Å². The van der Waals surface area contributed by atoms with Crippen molar-refractivity contribution >= 4 is 40.0 Å². The lowest BCUT2D eigenvalue weighted by atomic mass is 9.98. The van der Waals surface area contributed by atoms with E-state index in [-0.39, 0.29) is 18.2 Å². The van der Waals surface area contributed by atoms with Crippen molar-refractivity contribution in [3.63, 3.8) is 0 Å². The van der Waals surface area contributed by atoms with Gasteiger partial charge < -0.3 is 10.3 Å². The lowest BCUT2D eigenvalue weighted by molar-refractivity contribution is -0.127. The maximum Gasteiger partial charge on any atom is 0.248 e. The Morgan fingerprint density at radius 1 is 0.919 bits per heavy atom. The largest absolute Gasteiger partial charge is 0.361 e. The summed E-state index contributed by atoms with van der Waals surface area (Å²) < 4.78 is 0. The molecule has 0 fully saturated rings. The molecule has 1 heterocycles. The van der Waals surface area contributed by atoms with E-state index in [2.05, 4.69) is 24.1 Å². The average Bonchev–Trinajstić information content (AvgIpc) is 3.25. The van der Waals surface area contributed by atoms with Crippen molar-refractivity contribution < 1.29 is 9.59 Å². The summed E-state index contributed by atoms with van der Waals surface area (Å²) in [5, 5.41) is 4.64. The predicted octanol–water partition coefficient (Wildman–Crippen LogP) is 7.18. The smallest absolute Gasteiger partial charge is 0.248 e. The molecule has 192 valence electrons. The predicted molar refractivity (Wildman–Crippen MR) is 152 cm³/mol. The Morgan fingerprint density at radius 2 is 1.54 bits per heavy atom. The number of amides is 2. The van der Waals surface area contributed by atoms with Crippen molar-refractivity contribution in [3.8, 4) is 0 Å². The second kappa shape index (κ2) is 10.8. The van der Waals surface area contributed by atoms with Gasteiger partial charge in [0, 0.05) is 33.3 Å². The molecule has 37 heavy (non-hydrogen) atoms. The van der Waals surface area contributed by atoms with Gasteiger partial charge in [0.1, 0.15) is 6.04 Å². The van der Waals surface area contributed by atoms with Crippen LogP contribution in [0.15, 0.2) is 79.0 Å². The minimum Gasteiger partial charge on any atom is -0.361 e. The Labute approximate surface area is 223 Å². The molecule has 0 bridgehead atoms. The molecule has 0 saturated heterocycles. The van der Waals surface area contributed by atoms with E-state index in [0.717, 1.165) is 22.0 Å². The first-order chi connectivity index (χ1) is 17.5. The summed E-state index contributed by atoms with van der Waals surface area (Å²) in [7, 11) is 0. The van der Waals surface area contributed by atoms with Crippen molar-refractivity contribution in [2.75, 3.05) is 4.90 Å². The van der Waals surface area contributed by atoms with Crippen LogP contribution in [0.2, 0.25) is 5.02 Å². The van der Waals surface area contributed by atoms with E-state index in [1.807, 2.05) is 87.6 Å². The molecule has 2 N–H and O–H groups in total. The maximum atomic E-state index is 14.1. The van der Waals surface area contributed by atoms with Crippen LogP contribution in [-0.4, -0.2) is 22.3 Å². The molecule has 2 amide bonds. The number of H-pyrrole nitrogens is 1. The summed E-state index contributed by atoms with van der Waals surface area (Å²) in [6.45, 7) is 10.0. The molecule has 0 saturated carbocycles. The Morgan fingerprint density at radius 3 is 2.16 bits per heavy atom. The summed E-state index contributed by atoms with van der Waals surface area (Å²) in [6, 6.07) is 22.0. The highest BCUT2D eigenvalue weighted by atomic mass is 35.5. The van der Waals surface area contributed by atoms with E-state index in [1.54, 1.807) is 17.0 Å². The normalized spacial score (nSPS) is 12.5. The Hall–Kier alpha value is -3.57. The topological polar surface area (TPSA) is 65.2 Å². The number of fused-ring (bicyclic) bond motifs is 1. The first-order valence-corrected chi connectivity index (χ1v) is 13.0. The molecule has 0 radical (unpaired) electrons. The number of carbonyl (C=O) groups is 2. The third-order valence-corrected chi connectivity index (χ3v) is 6.57. The number of nitrogens with one attached hydrogen (secondary N) is 2. The number of aromatic amines is 1. The van der Waals surface area contributed by atoms with E-state index in [9.17, 15) is 9.59 Å². The van der Waals surface area contributed by atoms with Gasteiger partial charge in [-0.3, -0.25) is 14.5 Å². The summed E-state index contributed by atoms with van der Waals surface area (Å²) in [5.74, 6) is -0.0817. The fourth-order valence-corrected chi connectivity index (χ4v) is 4.61. The van der Waals surface area contributed by atoms with E-state index >= 15 is 0 Å². The number of benzene rings is 3. The van der Waals surface area contributed by atoms with Gasteiger partial charge in [-0.2, -0.15) is 0 Å². The first-order valence-electron chi connectivity index (χ1n) is 12.6. The SMILES string of the molecule is CC(C)c1ccc(N(C(=O)Cc2c[nH]c3ccccc23)C(C(=O)NC(C)(C)C)c2ccc(Cl)cc2)cc1. The van der Waals surface area contributed by atoms with Crippen LogP contribution in [0.3, 0.4) is 0 Å². The zero-order valence-corrected chi connectivity index (χ0v) is 22.8. The van der Waals surface area contributed by atoms with Crippen LogP contribution >= 0.6 is 11.6 Å². The third-order valence-electron chi connectivity index (χ3n) is 6.31.